The molecule has 1 N–H and O–H groups in total. The Balaban J connectivity index is 1.45. The van der Waals surface area contributed by atoms with Crippen LogP contribution in [0, 0.1) is 6.92 Å². The molecule has 0 aliphatic carbocycles. The topological polar surface area (TPSA) is 28.7 Å². The van der Waals surface area contributed by atoms with E-state index in [1.54, 1.807) is 0 Å². The molecule has 1 aliphatic rings. The molecule has 0 spiro atoms. The van der Waals surface area contributed by atoms with Crippen molar-refractivity contribution in [2.24, 2.45) is 0 Å². The minimum atomic E-state index is 0.655. The molecule has 2 nitrogen and oxygen atoms in total. The quantitative estimate of drug-likeness (QED) is 0.712. The molecule has 4 rings (SSSR count). The third-order valence-corrected chi connectivity index (χ3v) is 6.30. The van der Waals surface area contributed by atoms with Crippen molar-refractivity contribution in [1.82, 2.24) is 9.97 Å². The summed E-state index contributed by atoms with van der Waals surface area (Å²) in [6.07, 6.45) is 1.17. The Morgan fingerprint density at radius 2 is 2.19 bits per heavy atom. The number of nitrogens with one attached hydrogen (secondary N) is 1. The van der Waals surface area contributed by atoms with Crippen LogP contribution in [0.15, 0.2) is 52.5 Å². The Hall–Kier alpha value is -1.39. The second kappa shape index (κ2) is 5.43. The van der Waals surface area contributed by atoms with Gasteiger partial charge in [0.15, 0.2) is 5.16 Å². The maximum absolute atomic E-state index is 4.66. The number of fused-ring (bicyclic) bond motifs is 2. The van der Waals surface area contributed by atoms with Gasteiger partial charge >= 0.3 is 0 Å². The number of aromatic nitrogens is 2. The molecular weight excluding hydrogens is 296 g/mol. The lowest BCUT2D eigenvalue weighted by atomic mass is 10.1. The Morgan fingerprint density at radius 1 is 1.29 bits per heavy atom. The molecule has 0 saturated heterocycles. The molecule has 2 heterocycles. The molecular formula is C17H16N2S2. The van der Waals surface area contributed by atoms with E-state index < -0.39 is 0 Å². The first-order valence-corrected chi connectivity index (χ1v) is 8.98. The van der Waals surface area contributed by atoms with Gasteiger partial charge in [-0.2, -0.15) is 0 Å². The fraction of sp³-hybridized carbons (Fsp3) is 0.235. The summed E-state index contributed by atoms with van der Waals surface area (Å²) in [5, 5.41) is 1.69. The monoisotopic (exact) mass is 312 g/mol. The van der Waals surface area contributed by atoms with Crippen molar-refractivity contribution >= 4 is 34.6 Å². The molecule has 106 valence electrons. The van der Waals surface area contributed by atoms with E-state index in [-0.39, 0.29) is 0 Å². The van der Waals surface area contributed by atoms with Crippen LogP contribution in [0.1, 0.15) is 11.1 Å². The maximum atomic E-state index is 4.66. The van der Waals surface area contributed by atoms with Gasteiger partial charge in [-0.3, -0.25) is 0 Å². The zero-order valence-corrected chi connectivity index (χ0v) is 13.4. The number of thioether (sulfide) groups is 2. The number of aryl methyl sites for hydroxylation is 1. The van der Waals surface area contributed by atoms with E-state index in [1.165, 1.54) is 22.4 Å². The fourth-order valence-electron chi connectivity index (χ4n) is 2.69. The second-order valence-corrected chi connectivity index (χ2v) is 7.78. The Bertz CT molecular complexity index is 769. The molecule has 2 aromatic carbocycles. The van der Waals surface area contributed by atoms with Crippen LogP contribution in [0.3, 0.4) is 0 Å². The minimum Gasteiger partial charge on any atom is -0.333 e. The SMILES string of the molecule is Cc1ccc2nc(SCC3Cc4ccccc4S3)[nH]c2c1. The molecule has 0 fully saturated rings. The van der Waals surface area contributed by atoms with Crippen LogP contribution < -0.4 is 0 Å². The van der Waals surface area contributed by atoms with Crippen LogP contribution in [0.25, 0.3) is 11.0 Å². The molecule has 0 amide bonds. The molecule has 21 heavy (non-hydrogen) atoms. The lowest BCUT2D eigenvalue weighted by molar-refractivity contribution is 0.964. The van der Waals surface area contributed by atoms with Crippen LogP contribution in [-0.4, -0.2) is 21.0 Å². The normalized spacial score (nSPS) is 17.3. The van der Waals surface area contributed by atoms with Gasteiger partial charge in [-0.1, -0.05) is 36.0 Å². The van der Waals surface area contributed by atoms with Crippen molar-refractivity contribution in [1.29, 1.82) is 0 Å². The van der Waals surface area contributed by atoms with Crippen LogP contribution in [0.2, 0.25) is 0 Å². The first-order chi connectivity index (χ1) is 10.3. The molecule has 0 bridgehead atoms. The summed E-state index contributed by atoms with van der Waals surface area (Å²) in [4.78, 5) is 9.53. The highest BCUT2D eigenvalue weighted by Crippen LogP contribution is 2.39. The molecule has 1 aromatic heterocycles. The fourth-order valence-corrected chi connectivity index (χ4v) is 5.05. The number of nitrogens with zero attached hydrogens (tertiary/aromatic N) is 1. The number of benzene rings is 2. The summed E-state index contributed by atoms with van der Waals surface area (Å²) < 4.78 is 0. The van der Waals surface area contributed by atoms with Crippen molar-refractivity contribution in [3.63, 3.8) is 0 Å². The van der Waals surface area contributed by atoms with Crippen molar-refractivity contribution in [2.45, 2.75) is 28.6 Å². The van der Waals surface area contributed by atoms with E-state index in [2.05, 4.69) is 59.4 Å². The summed E-state index contributed by atoms with van der Waals surface area (Å²) in [5.41, 5.74) is 4.96. The average molecular weight is 312 g/mol. The zero-order valence-electron chi connectivity index (χ0n) is 11.8. The van der Waals surface area contributed by atoms with Gasteiger partial charge in [0.2, 0.25) is 0 Å². The van der Waals surface area contributed by atoms with Crippen LogP contribution in [0.4, 0.5) is 0 Å². The van der Waals surface area contributed by atoms with Gasteiger partial charge in [0, 0.05) is 15.9 Å². The second-order valence-electron chi connectivity index (χ2n) is 5.43. The van der Waals surface area contributed by atoms with E-state index in [1.807, 2.05) is 23.5 Å². The summed E-state index contributed by atoms with van der Waals surface area (Å²) in [5.74, 6) is 1.10. The lowest BCUT2D eigenvalue weighted by Gasteiger charge is -2.05. The number of H-pyrrole nitrogens is 1. The van der Waals surface area contributed by atoms with Gasteiger partial charge in [0.25, 0.3) is 0 Å². The van der Waals surface area contributed by atoms with Crippen molar-refractivity contribution in [3.8, 4) is 0 Å². The molecule has 4 heteroatoms. The van der Waals surface area contributed by atoms with Crippen LogP contribution >= 0.6 is 23.5 Å². The van der Waals surface area contributed by atoms with Gasteiger partial charge in [-0.15, -0.1) is 11.8 Å². The minimum absolute atomic E-state index is 0.655. The van der Waals surface area contributed by atoms with Gasteiger partial charge in [0.05, 0.1) is 11.0 Å². The van der Waals surface area contributed by atoms with Crippen molar-refractivity contribution in [2.75, 3.05) is 5.75 Å². The highest BCUT2D eigenvalue weighted by atomic mass is 32.2. The van der Waals surface area contributed by atoms with E-state index in [9.17, 15) is 0 Å². The van der Waals surface area contributed by atoms with E-state index in [0.29, 0.717) is 5.25 Å². The molecule has 0 saturated carbocycles. The average Bonchev–Trinajstić information content (AvgIpc) is 3.07. The zero-order chi connectivity index (χ0) is 14.2. The highest BCUT2D eigenvalue weighted by molar-refractivity contribution is 8.03. The third-order valence-electron chi connectivity index (χ3n) is 3.74. The first kappa shape index (κ1) is 13.3. The smallest absolute Gasteiger partial charge is 0.166 e. The van der Waals surface area contributed by atoms with E-state index >= 15 is 0 Å². The highest BCUT2D eigenvalue weighted by Gasteiger charge is 2.22. The Kier molecular flexibility index (Phi) is 3.43. The standard InChI is InChI=1S/C17H16N2S2/c1-11-6-7-14-15(8-11)19-17(18-14)20-10-13-9-12-4-2-3-5-16(12)21-13/h2-8,13H,9-10H2,1H3,(H,18,19). The van der Waals surface area contributed by atoms with Crippen molar-refractivity contribution in [3.05, 3.63) is 53.6 Å². The Labute approximate surface area is 132 Å². The van der Waals surface area contributed by atoms with Gasteiger partial charge in [-0.25, -0.2) is 4.98 Å². The van der Waals surface area contributed by atoms with Crippen LogP contribution in [0.5, 0.6) is 0 Å². The first-order valence-electron chi connectivity index (χ1n) is 7.12. The molecule has 1 unspecified atom stereocenters. The largest absolute Gasteiger partial charge is 0.333 e. The number of hydrogen-bond acceptors (Lipinski definition) is 3. The van der Waals surface area contributed by atoms with Crippen molar-refractivity contribution < 1.29 is 0 Å². The number of rotatable bonds is 3. The predicted octanol–water partition coefficient (Wildman–Crippen LogP) is 4.68. The van der Waals surface area contributed by atoms with Gasteiger partial charge in [-0.05, 0) is 42.7 Å². The van der Waals surface area contributed by atoms with E-state index in [4.69, 9.17) is 0 Å². The summed E-state index contributed by atoms with van der Waals surface area (Å²) in [6.45, 7) is 2.11. The number of aromatic amines is 1. The number of imidazole rings is 1. The van der Waals surface area contributed by atoms with Gasteiger partial charge < -0.3 is 4.98 Å². The molecule has 1 aliphatic heterocycles. The summed E-state index contributed by atoms with van der Waals surface area (Å²) in [7, 11) is 0. The van der Waals surface area contributed by atoms with E-state index in [0.717, 1.165) is 21.9 Å². The lowest BCUT2D eigenvalue weighted by Crippen LogP contribution is -2.04. The molecule has 0 radical (unpaired) electrons. The molecule has 1 atom stereocenters. The van der Waals surface area contributed by atoms with Crippen LogP contribution in [-0.2, 0) is 6.42 Å². The number of hydrogen-bond donors (Lipinski definition) is 1. The maximum Gasteiger partial charge on any atom is 0.166 e. The predicted molar refractivity (Wildman–Crippen MR) is 91.3 cm³/mol. The Morgan fingerprint density at radius 3 is 3.10 bits per heavy atom. The molecule has 3 aromatic rings. The van der Waals surface area contributed by atoms with Gasteiger partial charge in [0.1, 0.15) is 0 Å². The summed E-state index contributed by atoms with van der Waals surface area (Å²) >= 11 is 3.83. The third kappa shape index (κ3) is 2.70. The summed E-state index contributed by atoms with van der Waals surface area (Å²) in [6, 6.07) is 15.1.